The van der Waals surface area contributed by atoms with Crippen molar-refractivity contribution in [2.75, 3.05) is 9.80 Å². The molecule has 0 aliphatic rings. The zero-order valence-electron chi connectivity index (χ0n) is 34.7. The van der Waals surface area contributed by atoms with Crippen LogP contribution in [0.25, 0.3) is 35.1 Å². The van der Waals surface area contributed by atoms with Crippen molar-refractivity contribution in [2.24, 2.45) is 0 Å². The van der Waals surface area contributed by atoms with Crippen molar-refractivity contribution < 1.29 is 0 Å². The summed E-state index contributed by atoms with van der Waals surface area (Å²) in [6.07, 6.45) is 8.90. The normalized spacial score (nSPS) is 10.8. The summed E-state index contributed by atoms with van der Waals surface area (Å²) in [5, 5.41) is 2.45. The molecular weight excluding hydrogens is 701 g/mol. The zero-order valence-corrected chi connectivity index (χ0v) is 34.7. The molecule has 58 heavy (non-hydrogen) atoms. The molecule has 0 atom stereocenters. The summed E-state index contributed by atoms with van der Waals surface area (Å²) in [6, 6.07) is 69.0. The molecule has 0 fully saturated rings. The number of anilines is 6. The molecule has 0 radical (unpaired) electrons. The van der Waals surface area contributed by atoms with Crippen LogP contribution in [0.15, 0.2) is 194 Å². The summed E-state index contributed by atoms with van der Waals surface area (Å²) in [5.74, 6) is 0. The molecule has 0 heterocycles. The second-order valence-electron chi connectivity index (χ2n) is 13.6. The van der Waals surface area contributed by atoms with Gasteiger partial charge in [0.25, 0.3) is 0 Å². The van der Waals surface area contributed by atoms with Crippen molar-refractivity contribution in [2.45, 2.75) is 41.5 Å². The second kappa shape index (κ2) is 20.3. The van der Waals surface area contributed by atoms with Gasteiger partial charge < -0.3 is 9.80 Å². The number of hydrogen-bond donors (Lipinski definition) is 0. The summed E-state index contributed by atoms with van der Waals surface area (Å²) in [5.41, 5.74) is 14.0. The first-order valence-electron chi connectivity index (χ1n) is 20.5. The van der Waals surface area contributed by atoms with Crippen LogP contribution in [0.4, 0.5) is 34.1 Å². The Labute approximate surface area is 346 Å². The maximum absolute atomic E-state index is 2.32. The topological polar surface area (TPSA) is 6.48 Å². The van der Waals surface area contributed by atoms with E-state index in [0.717, 1.165) is 33.9 Å². The molecule has 0 aromatic heterocycles. The van der Waals surface area contributed by atoms with Gasteiger partial charge in [-0.15, -0.1) is 0 Å². The van der Waals surface area contributed by atoms with Crippen LogP contribution >= 0.6 is 0 Å². The van der Waals surface area contributed by atoms with E-state index in [1.54, 1.807) is 0 Å². The first-order valence-corrected chi connectivity index (χ1v) is 20.5. The average molecular weight is 755 g/mol. The molecular formula is C56H54N2. The number of nitrogens with zero attached hydrogens (tertiary/aromatic N) is 2. The molecule has 0 saturated heterocycles. The molecule has 8 aromatic carbocycles. The van der Waals surface area contributed by atoms with Crippen LogP contribution in [-0.4, -0.2) is 0 Å². The number of hydrogen-bond acceptors (Lipinski definition) is 2. The van der Waals surface area contributed by atoms with Gasteiger partial charge in [0.15, 0.2) is 0 Å². The molecule has 0 unspecified atom stereocenters. The highest BCUT2D eigenvalue weighted by Gasteiger charge is 2.15. The monoisotopic (exact) mass is 754 g/mol. The van der Waals surface area contributed by atoms with Gasteiger partial charge in [0.05, 0.1) is 0 Å². The maximum atomic E-state index is 2.32. The highest BCUT2D eigenvalue weighted by molar-refractivity contribution is 5.92. The van der Waals surface area contributed by atoms with Crippen LogP contribution in [0.1, 0.15) is 61.1 Å². The lowest BCUT2D eigenvalue weighted by Crippen LogP contribution is -2.11. The van der Waals surface area contributed by atoms with E-state index >= 15 is 0 Å². The summed E-state index contributed by atoms with van der Waals surface area (Å²) in [4.78, 5) is 4.65. The molecule has 0 saturated carbocycles. The molecule has 8 aromatic rings. The third-order valence-corrected chi connectivity index (χ3v) is 9.91. The quantitative estimate of drug-likeness (QED) is 0.128. The van der Waals surface area contributed by atoms with Gasteiger partial charge in [0, 0.05) is 34.1 Å². The molecule has 2 nitrogen and oxygen atoms in total. The van der Waals surface area contributed by atoms with E-state index in [0.29, 0.717) is 0 Å². The Bertz CT molecular complexity index is 2370. The SMILES string of the molecule is CC.CC.Cc1ccccc1N(c1ccccc1)c1ccc(C=Cc2cc3ccccc3cc2C=Cc2ccc(N(c3ccccc3)c3ccccc3C)cc2)cc1. The Kier molecular flexibility index (Phi) is 14.3. The number of para-hydroxylation sites is 4. The van der Waals surface area contributed by atoms with Crippen LogP contribution in [0, 0.1) is 13.8 Å². The van der Waals surface area contributed by atoms with Gasteiger partial charge in [-0.3, -0.25) is 0 Å². The first-order chi connectivity index (χ1) is 28.6. The average Bonchev–Trinajstić information content (AvgIpc) is 3.29. The predicted molar refractivity (Wildman–Crippen MR) is 256 cm³/mol. The minimum Gasteiger partial charge on any atom is -0.310 e. The van der Waals surface area contributed by atoms with Crippen molar-refractivity contribution in [1.82, 2.24) is 0 Å². The third kappa shape index (κ3) is 9.72. The van der Waals surface area contributed by atoms with Crippen LogP contribution in [0.5, 0.6) is 0 Å². The van der Waals surface area contributed by atoms with Crippen LogP contribution in [0.3, 0.4) is 0 Å². The smallest absolute Gasteiger partial charge is 0.0490 e. The van der Waals surface area contributed by atoms with Crippen molar-refractivity contribution >= 4 is 69.2 Å². The fraction of sp³-hybridized carbons (Fsp3) is 0.107. The molecule has 0 amide bonds. The van der Waals surface area contributed by atoms with Gasteiger partial charge in [-0.1, -0.05) is 173 Å². The highest BCUT2D eigenvalue weighted by Crippen LogP contribution is 2.38. The van der Waals surface area contributed by atoms with Gasteiger partial charge in [0.1, 0.15) is 0 Å². The Morgan fingerprint density at radius 1 is 0.310 bits per heavy atom. The standard InChI is InChI=1S/C52H42N2.2C2H6/c1-39-15-9-13-23-51(39)53(47-19-5-3-6-20-47)49-33-27-41(28-34-49)25-31-45-37-43-17-11-12-18-44(43)38-46(45)32-26-42-29-35-50(36-30-42)54(48-21-7-4-8-22-48)52-24-14-10-16-40(52)2;2*1-2/h3-38H,1-2H3;2*1-2H3. The molecule has 0 aliphatic carbocycles. The fourth-order valence-electron chi connectivity index (χ4n) is 7.04. The lowest BCUT2D eigenvalue weighted by Gasteiger charge is -2.27. The van der Waals surface area contributed by atoms with Crippen LogP contribution in [0.2, 0.25) is 0 Å². The van der Waals surface area contributed by atoms with E-state index in [4.69, 9.17) is 0 Å². The first kappa shape index (κ1) is 40.8. The van der Waals surface area contributed by atoms with E-state index < -0.39 is 0 Å². The van der Waals surface area contributed by atoms with Crippen molar-refractivity contribution in [3.05, 3.63) is 228 Å². The van der Waals surface area contributed by atoms with Gasteiger partial charge >= 0.3 is 0 Å². The maximum Gasteiger partial charge on any atom is 0.0490 e. The fourth-order valence-corrected chi connectivity index (χ4v) is 7.04. The Balaban J connectivity index is 0.00000138. The van der Waals surface area contributed by atoms with Crippen LogP contribution < -0.4 is 9.80 Å². The van der Waals surface area contributed by atoms with Crippen molar-refractivity contribution in [3.8, 4) is 0 Å². The summed E-state index contributed by atoms with van der Waals surface area (Å²) in [6.45, 7) is 12.3. The van der Waals surface area contributed by atoms with E-state index in [9.17, 15) is 0 Å². The third-order valence-electron chi connectivity index (χ3n) is 9.91. The van der Waals surface area contributed by atoms with Gasteiger partial charge in [0.2, 0.25) is 0 Å². The Morgan fingerprint density at radius 2 is 0.621 bits per heavy atom. The molecule has 8 rings (SSSR count). The van der Waals surface area contributed by atoms with Crippen molar-refractivity contribution in [1.29, 1.82) is 0 Å². The molecule has 2 heteroatoms. The van der Waals surface area contributed by atoms with E-state index in [2.05, 4.69) is 242 Å². The van der Waals surface area contributed by atoms with Gasteiger partial charge in [-0.25, -0.2) is 0 Å². The number of aryl methyl sites for hydroxylation is 2. The van der Waals surface area contributed by atoms with Crippen molar-refractivity contribution in [3.63, 3.8) is 0 Å². The number of benzene rings is 8. The summed E-state index contributed by atoms with van der Waals surface area (Å²) < 4.78 is 0. The largest absolute Gasteiger partial charge is 0.310 e. The predicted octanol–water partition coefficient (Wildman–Crippen LogP) is 16.8. The molecule has 0 aliphatic heterocycles. The minimum absolute atomic E-state index is 1.12. The zero-order chi connectivity index (χ0) is 40.7. The molecule has 0 N–H and O–H groups in total. The van der Waals surface area contributed by atoms with E-state index in [1.165, 1.54) is 44.4 Å². The van der Waals surface area contributed by atoms with Crippen LogP contribution in [-0.2, 0) is 0 Å². The molecule has 288 valence electrons. The van der Waals surface area contributed by atoms with Gasteiger partial charge in [-0.05, 0) is 131 Å². The van der Waals surface area contributed by atoms with E-state index in [1.807, 2.05) is 27.7 Å². The lowest BCUT2D eigenvalue weighted by molar-refractivity contribution is 1.25. The lowest BCUT2D eigenvalue weighted by atomic mass is 9.98. The van der Waals surface area contributed by atoms with Gasteiger partial charge in [-0.2, -0.15) is 0 Å². The number of rotatable bonds is 10. The minimum atomic E-state index is 1.12. The molecule has 0 spiro atoms. The highest BCUT2D eigenvalue weighted by atomic mass is 15.1. The van der Waals surface area contributed by atoms with E-state index in [-0.39, 0.29) is 0 Å². The summed E-state index contributed by atoms with van der Waals surface area (Å²) in [7, 11) is 0. The second-order valence-corrected chi connectivity index (χ2v) is 13.6. The number of fused-ring (bicyclic) bond motifs is 1. The Hall–Kier alpha value is -6.90. The molecule has 0 bridgehead atoms. The summed E-state index contributed by atoms with van der Waals surface area (Å²) >= 11 is 0. The Morgan fingerprint density at radius 3 is 0.983 bits per heavy atom.